The van der Waals surface area contributed by atoms with Crippen LogP contribution in [-0.2, 0) is 4.79 Å². The number of nitrogens with zero attached hydrogens (tertiary/aromatic N) is 1. The Hall–Kier alpha value is -1.82. The summed E-state index contributed by atoms with van der Waals surface area (Å²) < 4.78 is 0. The Kier molecular flexibility index (Phi) is 4.13. The van der Waals surface area contributed by atoms with E-state index in [2.05, 4.69) is 5.32 Å². The summed E-state index contributed by atoms with van der Waals surface area (Å²) in [5.41, 5.74) is -0.735. The van der Waals surface area contributed by atoms with Crippen molar-refractivity contribution < 1.29 is 14.8 Å². The summed E-state index contributed by atoms with van der Waals surface area (Å²) >= 11 is 5.69. The minimum absolute atomic E-state index is 0.160. The molecule has 1 rings (SSSR count). The summed E-state index contributed by atoms with van der Waals surface area (Å²) in [5.74, 6) is -0.982. The second-order valence-electron chi connectivity index (χ2n) is 4.50. The monoisotopic (exact) mass is 272 g/mol. The first-order valence-electron chi connectivity index (χ1n) is 5.15. The third-order valence-electron chi connectivity index (χ3n) is 2.22. The fraction of sp³-hybridized carbons (Fsp3) is 0.364. The molecule has 1 aromatic rings. The Bertz CT molecular complexity index is 488. The molecule has 0 saturated carbocycles. The summed E-state index contributed by atoms with van der Waals surface area (Å²) in [6.45, 7) is 3.30. The molecular weight excluding hydrogens is 260 g/mol. The van der Waals surface area contributed by atoms with Gasteiger partial charge in [0, 0.05) is 16.6 Å². The van der Waals surface area contributed by atoms with Gasteiger partial charge in [0.1, 0.15) is 5.69 Å². The SMILES string of the molecule is CC(C)(CC(=O)O)Nc1ccc(Cl)cc1[N+](=O)[O-]. The molecule has 98 valence electrons. The average molecular weight is 273 g/mol. The van der Waals surface area contributed by atoms with Crippen LogP contribution in [0.15, 0.2) is 18.2 Å². The molecule has 2 N–H and O–H groups in total. The molecule has 6 nitrogen and oxygen atoms in total. The molecule has 0 bridgehead atoms. The average Bonchev–Trinajstić information content (AvgIpc) is 2.18. The van der Waals surface area contributed by atoms with Crippen molar-refractivity contribution in [2.45, 2.75) is 25.8 Å². The smallest absolute Gasteiger partial charge is 0.305 e. The highest BCUT2D eigenvalue weighted by molar-refractivity contribution is 6.30. The lowest BCUT2D eigenvalue weighted by Crippen LogP contribution is -2.33. The van der Waals surface area contributed by atoms with Gasteiger partial charge in [0.05, 0.1) is 11.3 Å². The molecule has 0 saturated heterocycles. The van der Waals surface area contributed by atoms with Crippen molar-refractivity contribution >= 4 is 28.9 Å². The highest BCUT2D eigenvalue weighted by Gasteiger charge is 2.25. The zero-order chi connectivity index (χ0) is 13.9. The molecule has 0 aliphatic carbocycles. The highest BCUT2D eigenvalue weighted by Crippen LogP contribution is 2.30. The van der Waals surface area contributed by atoms with Crippen molar-refractivity contribution in [1.29, 1.82) is 0 Å². The molecule has 0 radical (unpaired) electrons. The molecule has 1 aromatic carbocycles. The summed E-state index contributed by atoms with van der Waals surface area (Å²) in [5, 5.41) is 22.7. The number of nitro benzene ring substituents is 1. The lowest BCUT2D eigenvalue weighted by atomic mass is 10.00. The third kappa shape index (κ3) is 3.89. The van der Waals surface area contributed by atoms with Gasteiger partial charge in [-0.1, -0.05) is 11.6 Å². The standard InChI is InChI=1S/C11H13ClN2O4/c1-11(2,6-10(15)16)13-8-4-3-7(12)5-9(8)14(17)18/h3-5,13H,6H2,1-2H3,(H,15,16). The molecule has 0 fully saturated rings. The number of carboxylic acids is 1. The first-order chi connectivity index (χ1) is 8.21. The number of carbonyl (C=O) groups is 1. The van der Waals surface area contributed by atoms with Crippen molar-refractivity contribution in [2.24, 2.45) is 0 Å². The fourth-order valence-corrected chi connectivity index (χ4v) is 1.71. The van der Waals surface area contributed by atoms with E-state index in [4.69, 9.17) is 16.7 Å². The van der Waals surface area contributed by atoms with Crippen molar-refractivity contribution in [3.63, 3.8) is 0 Å². The van der Waals surface area contributed by atoms with E-state index in [1.807, 2.05) is 0 Å². The summed E-state index contributed by atoms with van der Waals surface area (Å²) in [6.07, 6.45) is -0.160. The van der Waals surface area contributed by atoms with E-state index in [-0.39, 0.29) is 22.8 Å². The molecule has 0 aliphatic rings. The number of nitrogens with one attached hydrogen (secondary N) is 1. The van der Waals surface area contributed by atoms with Gasteiger partial charge in [-0.25, -0.2) is 0 Å². The lowest BCUT2D eigenvalue weighted by Gasteiger charge is -2.25. The molecular formula is C11H13ClN2O4. The molecule has 0 unspecified atom stereocenters. The van der Waals surface area contributed by atoms with Crippen LogP contribution in [-0.4, -0.2) is 21.5 Å². The quantitative estimate of drug-likeness (QED) is 0.635. The first-order valence-corrected chi connectivity index (χ1v) is 5.53. The molecule has 0 amide bonds. The van der Waals surface area contributed by atoms with Gasteiger partial charge in [0.2, 0.25) is 0 Å². The highest BCUT2D eigenvalue weighted by atomic mass is 35.5. The van der Waals surface area contributed by atoms with Crippen LogP contribution in [0.5, 0.6) is 0 Å². The second kappa shape index (κ2) is 5.22. The predicted molar refractivity (Wildman–Crippen MR) is 68.1 cm³/mol. The maximum atomic E-state index is 10.9. The molecule has 0 aromatic heterocycles. The number of anilines is 1. The van der Waals surface area contributed by atoms with Gasteiger partial charge in [-0.2, -0.15) is 0 Å². The number of rotatable bonds is 5. The minimum Gasteiger partial charge on any atom is -0.481 e. The number of hydrogen-bond donors (Lipinski definition) is 2. The van der Waals surface area contributed by atoms with E-state index >= 15 is 0 Å². The van der Waals surface area contributed by atoms with E-state index in [1.54, 1.807) is 13.8 Å². The van der Waals surface area contributed by atoms with E-state index in [9.17, 15) is 14.9 Å². The predicted octanol–water partition coefficient (Wildman–Crippen LogP) is 2.91. The molecule has 18 heavy (non-hydrogen) atoms. The van der Waals surface area contributed by atoms with Crippen LogP contribution < -0.4 is 5.32 Å². The van der Waals surface area contributed by atoms with E-state index in [1.165, 1.54) is 18.2 Å². The number of carboxylic acid groups (broad SMARTS) is 1. The maximum Gasteiger partial charge on any atom is 0.305 e. The van der Waals surface area contributed by atoms with Gasteiger partial charge in [0.15, 0.2) is 0 Å². The molecule has 0 aliphatic heterocycles. The van der Waals surface area contributed by atoms with E-state index < -0.39 is 16.4 Å². The summed E-state index contributed by atoms with van der Waals surface area (Å²) in [7, 11) is 0. The fourth-order valence-electron chi connectivity index (χ4n) is 1.55. The molecule has 0 atom stereocenters. The van der Waals surface area contributed by atoms with Crippen molar-refractivity contribution in [3.8, 4) is 0 Å². The largest absolute Gasteiger partial charge is 0.481 e. The number of benzene rings is 1. The second-order valence-corrected chi connectivity index (χ2v) is 4.93. The van der Waals surface area contributed by atoms with Gasteiger partial charge in [-0.3, -0.25) is 14.9 Å². The maximum absolute atomic E-state index is 10.9. The van der Waals surface area contributed by atoms with Crippen LogP contribution in [0.2, 0.25) is 5.02 Å². The molecule has 7 heteroatoms. The van der Waals surface area contributed by atoms with E-state index in [0.29, 0.717) is 0 Å². The molecule has 0 heterocycles. The van der Waals surface area contributed by atoms with E-state index in [0.717, 1.165) is 0 Å². The Morgan fingerprint density at radius 3 is 2.67 bits per heavy atom. The van der Waals surface area contributed by atoms with Crippen LogP contribution >= 0.6 is 11.6 Å². The number of nitro groups is 1. The van der Waals surface area contributed by atoms with Crippen LogP contribution in [0, 0.1) is 10.1 Å². The van der Waals surface area contributed by atoms with Crippen LogP contribution in [0.1, 0.15) is 20.3 Å². The lowest BCUT2D eigenvalue weighted by molar-refractivity contribution is -0.384. The van der Waals surface area contributed by atoms with Crippen LogP contribution in [0.4, 0.5) is 11.4 Å². The summed E-state index contributed by atoms with van der Waals surface area (Å²) in [6, 6.07) is 4.19. The topological polar surface area (TPSA) is 92.5 Å². The zero-order valence-electron chi connectivity index (χ0n) is 9.94. The third-order valence-corrected chi connectivity index (χ3v) is 2.46. The van der Waals surface area contributed by atoms with Gasteiger partial charge in [-0.15, -0.1) is 0 Å². The van der Waals surface area contributed by atoms with Gasteiger partial charge in [-0.05, 0) is 26.0 Å². The van der Waals surface area contributed by atoms with Gasteiger partial charge >= 0.3 is 5.97 Å². The van der Waals surface area contributed by atoms with Crippen molar-refractivity contribution in [3.05, 3.63) is 33.3 Å². The van der Waals surface area contributed by atoms with Crippen LogP contribution in [0.3, 0.4) is 0 Å². The Balaban J connectivity index is 3.03. The van der Waals surface area contributed by atoms with Crippen LogP contribution in [0.25, 0.3) is 0 Å². The zero-order valence-corrected chi connectivity index (χ0v) is 10.7. The van der Waals surface area contributed by atoms with Gasteiger partial charge < -0.3 is 10.4 Å². The Labute approximate surface area is 109 Å². The number of halogens is 1. The minimum atomic E-state index is -0.982. The first kappa shape index (κ1) is 14.2. The van der Waals surface area contributed by atoms with Gasteiger partial charge in [0.25, 0.3) is 5.69 Å². The Morgan fingerprint density at radius 2 is 2.17 bits per heavy atom. The molecule has 0 spiro atoms. The Morgan fingerprint density at radius 1 is 1.56 bits per heavy atom. The number of hydrogen-bond acceptors (Lipinski definition) is 4. The van der Waals surface area contributed by atoms with Crippen molar-refractivity contribution in [2.75, 3.05) is 5.32 Å². The van der Waals surface area contributed by atoms with Crippen molar-refractivity contribution in [1.82, 2.24) is 0 Å². The normalized spacial score (nSPS) is 11.1. The summed E-state index contributed by atoms with van der Waals surface area (Å²) in [4.78, 5) is 21.0. The number of aliphatic carboxylic acids is 1.